The van der Waals surface area contributed by atoms with Crippen molar-refractivity contribution in [2.75, 3.05) is 7.05 Å². The van der Waals surface area contributed by atoms with Gasteiger partial charge in [-0.05, 0) is 37.9 Å². The molecule has 0 amide bonds. The van der Waals surface area contributed by atoms with Crippen molar-refractivity contribution >= 4 is 0 Å². The van der Waals surface area contributed by atoms with Gasteiger partial charge in [-0.15, -0.1) is 0 Å². The molecule has 1 fully saturated rings. The minimum atomic E-state index is -0.188. The summed E-state index contributed by atoms with van der Waals surface area (Å²) in [6.45, 7) is 0. The van der Waals surface area contributed by atoms with Crippen molar-refractivity contribution in [3.63, 3.8) is 0 Å². The molecule has 0 radical (unpaired) electrons. The van der Waals surface area contributed by atoms with E-state index in [9.17, 15) is 4.39 Å². The summed E-state index contributed by atoms with van der Waals surface area (Å²) in [7, 11) is 1.90. The molecule has 1 aromatic rings. The SMILES string of the molecule is CNC(c1ncccc1F)C1CCCCC1. The largest absolute Gasteiger partial charge is 0.311 e. The first-order valence-electron chi connectivity index (χ1n) is 6.10. The molecule has 1 aromatic heterocycles. The van der Waals surface area contributed by atoms with Crippen molar-refractivity contribution in [2.45, 2.75) is 38.1 Å². The summed E-state index contributed by atoms with van der Waals surface area (Å²) in [5.74, 6) is 0.343. The van der Waals surface area contributed by atoms with Gasteiger partial charge in [-0.2, -0.15) is 0 Å². The average Bonchev–Trinajstić information content (AvgIpc) is 2.34. The summed E-state index contributed by atoms with van der Waals surface area (Å²) in [6.07, 6.45) is 7.88. The van der Waals surface area contributed by atoms with Gasteiger partial charge in [-0.1, -0.05) is 19.3 Å². The molecule has 1 aliphatic carbocycles. The number of halogens is 1. The molecule has 1 atom stereocenters. The first-order valence-corrected chi connectivity index (χ1v) is 6.10. The molecule has 16 heavy (non-hydrogen) atoms. The van der Waals surface area contributed by atoms with Gasteiger partial charge in [0.25, 0.3) is 0 Å². The molecule has 0 aromatic carbocycles. The lowest BCUT2D eigenvalue weighted by molar-refractivity contribution is 0.272. The van der Waals surface area contributed by atoms with E-state index in [-0.39, 0.29) is 11.9 Å². The first kappa shape index (κ1) is 11.5. The van der Waals surface area contributed by atoms with Gasteiger partial charge in [-0.25, -0.2) is 4.39 Å². The highest BCUT2D eigenvalue weighted by molar-refractivity contribution is 5.12. The Morgan fingerprint density at radius 1 is 1.38 bits per heavy atom. The molecule has 0 aliphatic heterocycles. The van der Waals surface area contributed by atoms with E-state index in [1.165, 1.54) is 38.2 Å². The highest BCUT2D eigenvalue weighted by Gasteiger charge is 2.26. The highest BCUT2D eigenvalue weighted by atomic mass is 19.1. The van der Waals surface area contributed by atoms with Gasteiger partial charge in [-0.3, -0.25) is 4.98 Å². The van der Waals surface area contributed by atoms with Gasteiger partial charge in [0.1, 0.15) is 5.82 Å². The third-order valence-electron chi connectivity index (χ3n) is 3.51. The Morgan fingerprint density at radius 2 is 2.12 bits per heavy atom. The summed E-state index contributed by atoms with van der Waals surface area (Å²) in [5.41, 5.74) is 0.580. The summed E-state index contributed by atoms with van der Waals surface area (Å²) in [6, 6.07) is 3.21. The van der Waals surface area contributed by atoms with Gasteiger partial charge in [0.05, 0.1) is 11.7 Å². The number of hydrogen-bond acceptors (Lipinski definition) is 2. The van der Waals surface area contributed by atoms with Crippen LogP contribution in [0.5, 0.6) is 0 Å². The fraction of sp³-hybridized carbons (Fsp3) is 0.615. The maximum Gasteiger partial charge on any atom is 0.146 e. The predicted molar refractivity (Wildman–Crippen MR) is 62.6 cm³/mol. The molecule has 88 valence electrons. The molecule has 0 bridgehead atoms. The lowest BCUT2D eigenvalue weighted by Crippen LogP contribution is -2.28. The van der Waals surface area contributed by atoms with Crippen molar-refractivity contribution in [3.8, 4) is 0 Å². The molecule has 1 unspecified atom stereocenters. The number of hydrogen-bond donors (Lipinski definition) is 1. The molecule has 3 heteroatoms. The van der Waals surface area contributed by atoms with E-state index in [1.807, 2.05) is 7.05 Å². The zero-order valence-corrected chi connectivity index (χ0v) is 9.75. The van der Waals surface area contributed by atoms with Gasteiger partial charge in [0.2, 0.25) is 0 Å². The number of rotatable bonds is 3. The zero-order valence-electron chi connectivity index (χ0n) is 9.75. The second kappa shape index (κ2) is 5.39. The fourth-order valence-electron chi connectivity index (χ4n) is 2.69. The highest BCUT2D eigenvalue weighted by Crippen LogP contribution is 2.34. The van der Waals surface area contributed by atoms with Crippen LogP contribution in [0, 0.1) is 11.7 Å². The Bertz CT molecular complexity index is 334. The van der Waals surface area contributed by atoms with Crippen LogP contribution in [0.25, 0.3) is 0 Å². The molecule has 2 nitrogen and oxygen atoms in total. The Morgan fingerprint density at radius 3 is 2.75 bits per heavy atom. The van der Waals surface area contributed by atoms with Crippen LogP contribution in [0.4, 0.5) is 4.39 Å². The van der Waals surface area contributed by atoms with Crippen molar-refractivity contribution in [2.24, 2.45) is 5.92 Å². The summed E-state index contributed by atoms with van der Waals surface area (Å²) >= 11 is 0. The minimum absolute atomic E-state index is 0.0708. The van der Waals surface area contributed by atoms with Crippen LogP contribution >= 0.6 is 0 Å². The normalized spacial score (nSPS) is 19.6. The molecule has 0 spiro atoms. The predicted octanol–water partition coefficient (Wildman–Crippen LogP) is 3.06. The monoisotopic (exact) mass is 222 g/mol. The van der Waals surface area contributed by atoms with E-state index in [0.717, 1.165) is 0 Å². The molecular formula is C13H19FN2. The van der Waals surface area contributed by atoms with Crippen LogP contribution in [0.15, 0.2) is 18.3 Å². The Kier molecular flexibility index (Phi) is 3.88. The Labute approximate surface area is 96.3 Å². The molecule has 2 rings (SSSR count). The lowest BCUT2D eigenvalue weighted by atomic mass is 9.82. The van der Waals surface area contributed by atoms with E-state index in [2.05, 4.69) is 10.3 Å². The van der Waals surface area contributed by atoms with Crippen molar-refractivity contribution in [1.29, 1.82) is 0 Å². The third kappa shape index (κ3) is 2.40. The third-order valence-corrected chi connectivity index (χ3v) is 3.51. The van der Waals surface area contributed by atoms with E-state index in [1.54, 1.807) is 12.3 Å². The second-order valence-electron chi connectivity index (χ2n) is 4.53. The number of nitrogens with zero attached hydrogens (tertiary/aromatic N) is 1. The molecular weight excluding hydrogens is 203 g/mol. The number of pyridine rings is 1. The first-order chi connectivity index (χ1) is 7.83. The van der Waals surface area contributed by atoms with Crippen LogP contribution in [-0.4, -0.2) is 12.0 Å². The smallest absolute Gasteiger partial charge is 0.146 e. The van der Waals surface area contributed by atoms with Crippen molar-refractivity contribution in [3.05, 3.63) is 29.8 Å². The van der Waals surface area contributed by atoms with E-state index in [4.69, 9.17) is 0 Å². The van der Waals surface area contributed by atoms with Crippen LogP contribution in [0.3, 0.4) is 0 Å². The summed E-state index contributed by atoms with van der Waals surface area (Å²) in [5, 5.41) is 3.23. The van der Waals surface area contributed by atoms with E-state index >= 15 is 0 Å². The minimum Gasteiger partial charge on any atom is -0.311 e. The zero-order chi connectivity index (χ0) is 11.4. The van der Waals surface area contributed by atoms with Crippen molar-refractivity contribution < 1.29 is 4.39 Å². The van der Waals surface area contributed by atoms with Gasteiger partial charge >= 0.3 is 0 Å². The average molecular weight is 222 g/mol. The fourth-order valence-corrected chi connectivity index (χ4v) is 2.69. The van der Waals surface area contributed by atoms with Gasteiger partial charge < -0.3 is 5.32 Å². The van der Waals surface area contributed by atoms with Gasteiger partial charge in [0.15, 0.2) is 0 Å². The topological polar surface area (TPSA) is 24.9 Å². The Balaban J connectivity index is 2.18. The molecule has 0 saturated heterocycles. The van der Waals surface area contributed by atoms with Crippen LogP contribution in [0.1, 0.15) is 43.8 Å². The molecule has 1 saturated carbocycles. The van der Waals surface area contributed by atoms with Crippen LogP contribution in [-0.2, 0) is 0 Å². The summed E-state index contributed by atoms with van der Waals surface area (Å²) < 4.78 is 13.7. The molecule has 1 N–H and O–H groups in total. The maximum absolute atomic E-state index is 13.7. The quantitative estimate of drug-likeness (QED) is 0.850. The van der Waals surface area contributed by atoms with E-state index in [0.29, 0.717) is 11.6 Å². The number of aromatic nitrogens is 1. The van der Waals surface area contributed by atoms with E-state index < -0.39 is 0 Å². The lowest BCUT2D eigenvalue weighted by Gasteiger charge is -2.29. The van der Waals surface area contributed by atoms with Gasteiger partial charge in [0, 0.05) is 6.20 Å². The van der Waals surface area contributed by atoms with Crippen LogP contribution < -0.4 is 5.32 Å². The van der Waals surface area contributed by atoms with Crippen molar-refractivity contribution in [1.82, 2.24) is 10.3 Å². The second-order valence-corrected chi connectivity index (χ2v) is 4.53. The summed E-state index contributed by atoms with van der Waals surface area (Å²) in [4.78, 5) is 4.19. The molecule has 1 aliphatic rings. The Hall–Kier alpha value is -0.960. The molecule has 1 heterocycles. The number of nitrogens with one attached hydrogen (secondary N) is 1. The standard InChI is InChI=1S/C13H19FN2/c1-15-12(10-6-3-2-4-7-10)13-11(14)8-5-9-16-13/h5,8-10,12,15H,2-4,6-7H2,1H3. The maximum atomic E-state index is 13.7. The van der Waals surface area contributed by atoms with Crippen LogP contribution in [0.2, 0.25) is 0 Å².